The summed E-state index contributed by atoms with van der Waals surface area (Å²) in [4.78, 5) is 15.1. The quantitative estimate of drug-likeness (QED) is 0.535. The second kappa shape index (κ2) is 7.64. The molecule has 1 amide bonds. The van der Waals surface area contributed by atoms with E-state index < -0.39 is 0 Å². The van der Waals surface area contributed by atoms with E-state index in [4.69, 9.17) is 0 Å². The van der Waals surface area contributed by atoms with Crippen molar-refractivity contribution in [3.05, 3.63) is 106 Å². The molecule has 0 bridgehead atoms. The molecule has 1 aliphatic rings. The van der Waals surface area contributed by atoms with Crippen molar-refractivity contribution in [3.8, 4) is 0 Å². The lowest BCUT2D eigenvalue weighted by atomic mass is 10.1. The van der Waals surface area contributed by atoms with Gasteiger partial charge in [0.15, 0.2) is 0 Å². The van der Waals surface area contributed by atoms with Crippen molar-refractivity contribution in [2.45, 2.75) is 19.9 Å². The molecular formula is C24H21BrN2O. The number of benzene rings is 3. The Morgan fingerprint density at radius 1 is 0.821 bits per heavy atom. The van der Waals surface area contributed by atoms with Gasteiger partial charge in [-0.05, 0) is 61.9 Å². The van der Waals surface area contributed by atoms with Crippen LogP contribution in [0.15, 0.2) is 89.0 Å². The number of hydrogen-bond donors (Lipinski definition) is 1. The lowest BCUT2D eigenvalue weighted by Crippen LogP contribution is -2.30. The van der Waals surface area contributed by atoms with Crippen molar-refractivity contribution < 1.29 is 4.79 Å². The lowest BCUT2D eigenvalue weighted by molar-refractivity contribution is -0.114. The van der Waals surface area contributed by atoms with Gasteiger partial charge in [0.05, 0.1) is 6.04 Å². The molecule has 0 saturated carbocycles. The van der Waals surface area contributed by atoms with Crippen LogP contribution < -0.4 is 10.2 Å². The topological polar surface area (TPSA) is 32.3 Å². The van der Waals surface area contributed by atoms with Gasteiger partial charge in [-0.25, -0.2) is 0 Å². The fourth-order valence-corrected chi connectivity index (χ4v) is 3.60. The molecule has 0 saturated heterocycles. The van der Waals surface area contributed by atoms with Gasteiger partial charge in [-0.1, -0.05) is 63.5 Å². The third-order valence-corrected chi connectivity index (χ3v) is 5.43. The van der Waals surface area contributed by atoms with Crippen LogP contribution in [0.3, 0.4) is 0 Å². The number of hydrogen-bond acceptors (Lipinski definition) is 2. The summed E-state index contributed by atoms with van der Waals surface area (Å²) in [6.45, 7) is 4.09. The molecule has 0 fully saturated rings. The molecule has 4 rings (SSSR count). The highest BCUT2D eigenvalue weighted by Gasteiger charge is 2.34. The second-order valence-corrected chi connectivity index (χ2v) is 7.99. The maximum atomic E-state index is 13.3. The lowest BCUT2D eigenvalue weighted by Gasteiger charge is -2.25. The number of anilines is 2. The molecule has 4 heteroatoms. The maximum absolute atomic E-state index is 13.3. The van der Waals surface area contributed by atoms with E-state index in [-0.39, 0.29) is 11.9 Å². The van der Waals surface area contributed by atoms with E-state index in [1.807, 2.05) is 85.5 Å². The van der Waals surface area contributed by atoms with E-state index >= 15 is 0 Å². The number of amides is 1. The van der Waals surface area contributed by atoms with Crippen molar-refractivity contribution in [2.75, 3.05) is 10.2 Å². The Labute approximate surface area is 173 Å². The van der Waals surface area contributed by atoms with Crippen LogP contribution in [0, 0.1) is 13.8 Å². The largest absolute Gasteiger partial charge is 0.351 e. The number of aryl methyl sites for hydroxylation is 2. The Morgan fingerprint density at radius 3 is 2.00 bits per heavy atom. The smallest absolute Gasteiger partial charge is 0.275 e. The Morgan fingerprint density at radius 2 is 1.39 bits per heavy atom. The average molecular weight is 433 g/mol. The molecule has 3 aromatic carbocycles. The number of carbonyl (C=O) groups excluding carboxylic acids is 1. The Hall–Kier alpha value is -2.85. The summed E-state index contributed by atoms with van der Waals surface area (Å²) in [5.41, 5.74) is 5.81. The highest BCUT2D eigenvalue weighted by molar-refractivity contribution is 9.10. The van der Waals surface area contributed by atoms with Gasteiger partial charge >= 0.3 is 0 Å². The number of rotatable bonds is 4. The summed E-state index contributed by atoms with van der Waals surface area (Å²) < 4.78 is 1.02. The summed E-state index contributed by atoms with van der Waals surface area (Å²) in [5, 5.41) is 3.30. The molecule has 3 nitrogen and oxygen atoms in total. The Kier molecular flexibility index (Phi) is 5.05. The number of halogens is 1. The summed E-state index contributed by atoms with van der Waals surface area (Å²) in [6, 6.07) is 24.1. The van der Waals surface area contributed by atoms with Crippen LogP contribution in [-0.4, -0.2) is 5.91 Å². The van der Waals surface area contributed by atoms with E-state index in [1.165, 1.54) is 11.1 Å². The molecule has 1 heterocycles. The molecule has 0 spiro atoms. The zero-order chi connectivity index (χ0) is 19.7. The average Bonchev–Trinajstić information content (AvgIpc) is 3.01. The van der Waals surface area contributed by atoms with Gasteiger partial charge in [0.1, 0.15) is 5.70 Å². The number of nitrogens with one attached hydrogen (secondary N) is 1. The molecule has 140 valence electrons. The zero-order valence-corrected chi connectivity index (χ0v) is 17.4. The molecule has 0 unspecified atom stereocenters. The number of nitrogens with zero attached hydrogens (tertiary/aromatic N) is 1. The van der Waals surface area contributed by atoms with Gasteiger partial charge in [0.25, 0.3) is 5.91 Å². The van der Waals surface area contributed by atoms with Gasteiger partial charge in [-0.3, -0.25) is 9.69 Å². The molecule has 3 aromatic rings. The van der Waals surface area contributed by atoms with Crippen LogP contribution in [0.4, 0.5) is 11.4 Å². The minimum atomic E-state index is -0.156. The van der Waals surface area contributed by atoms with Crippen molar-refractivity contribution in [1.82, 2.24) is 0 Å². The monoisotopic (exact) mass is 432 g/mol. The van der Waals surface area contributed by atoms with Crippen LogP contribution >= 0.6 is 15.9 Å². The van der Waals surface area contributed by atoms with Crippen LogP contribution in [0.5, 0.6) is 0 Å². The molecule has 0 aliphatic carbocycles. The SMILES string of the molecule is Cc1ccc(NC2=C[C@H](c3ccc(Br)cc3)N(c3ccc(C)cc3)C2=O)cc1. The Balaban J connectivity index is 1.72. The van der Waals surface area contributed by atoms with Gasteiger partial charge < -0.3 is 5.32 Å². The molecule has 1 N–H and O–H groups in total. The molecule has 0 radical (unpaired) electrons. The molecular weight excluding hydrogens is 412 g/mol. The van der Waals surface area contributed by atoms with Crippen molar-refractivity contribution in [1.29, 1.82) is 0 Å². The molecule has 1 atom stereocenters. The third kappa shape index (κ3) is 3.73. The Bertz CT molecular complexity index is 1020. The standard InChI is InChI=1S/C24H21BrN2O/c1-16-3-11-20(12-4-16)26-22-15-23(18-7-9-19(25)10-8-18)27(24(22)28)21-13-5-17(2)6-14-21/h3-15,23,26H,1-2H3/t23-/m1/s1. The summed E-state index contributed by atoms with van der Waals surface area (Å²) >= 11 is 3.49. The van der Waals surface area contributed by atoms with Gasteiger partial charge in [0.2, 0.25) is 0 Å². The molecule has 0 aromatic heterocycles. The first-order chi connectivity index (χ1) is 13.5. The third-order valence-electron chi connectivity index (χ3n) is 4.91. The summed E-state index contributed by atoms with van der Waals surface area (Å²) in [5.74, 6) is -0.0302. The first-order valence-electron chi connectivity index (χ1n) is 9.22. The van der Waals surface area contributed by atoms with Crippen LogP contribution in [0.25, 0.3) is 0 Å². The summed E-state index contributed by atoms with van der Waals surface area (Å²) in [6.07, 6.45) is 2.01. The normalized spacial score (nSPS) is 16.2. The molecule has 28 heavy (non-hydrogen) atoms. The fourth-order valence-electron chi connectivity index (χ4n) is 3.34. The van der Waals surface area contributed by atoms with Crippen LogP contribution in [-0.2, 0) is 4.79 Å². The predicted octanol–water partition coefficient (Wildman–Crippen LogP) is 6.15. The first-order valence-corrected chi connectivity index (χ1v) is 10.0. The van der Waals surface area contributed by atoms with E-state index in [9.17, 15) is 4.79 Å². The van der Waals surface area contributed by atoms with Crippen LogP contribution in [0.1, 0.15) is 22.7 Å². The van der Waals surface area contributed by atoms with E-state index in [1.54, 1.807) is 0 Å². The number of carbonyl (C=O) groups is 1. The van der Waals surface area contributed by atoms with Crippen molar-refractivity contribution in [3.63, 3.8) is 0 Å². The van der Waals surface area contributed by atoms with Crippen LogP contribution in [0.2, 0.25) is 0 Å². The minimum absolute atomic E-state index is 0.0302. The first kappa shape index (κ1) is 18.5. The summed E-state index contributed by atoms with van der Waals surface area (Å²) in [7, 11) is 0. The minimum Gasteiger partial charge on any atom is -0.351 e. The maximum Gasteiger partial charge on any atom is 0.275 e. The highest BCUT2D eigenvalue weighted by atomic mass is 79.9. The molecule has 1 aliphatic heterocycles. The van der Waals surface area contributed by atoms with Gasteiger partial charge in [-0.2, -0.15) is 0 Å². The van der Waals surface area contributed by atoms with Crippen molar-refractivity contribution in [2.24, 2.45) is 0 Å². The van der Waals surface area contributed by atoms with Gasteiger partial charge in [0, 0.05) is 15.8 Å². The fraction of sp³-hybridized carbons (Fsp3) is 0.125. The highest BCUT2D eigenvalue weighted by Crippen LogP contribution is 2.36. The predicted molar refractivity (Wildman–Crippen MR) is 118 cm³/mol. The van der Waals surface area contributed by atoms with E-state index in [0.717, 1.165) is 21.4 Å². The van der Waals surface area contributed by atoms with E-state index in [2.05, 4.69) is 33.4 Å². The van der Waals surface area contributed by atoms with E-state index in [0.29, 0.717) is 5.70 Å². The zero-order valence-electron chi connectivity index (χ0n) is 15.8. The second-order valence-electron chi connectivity index (χ2n) is 7.08. The van der Waals surface area contributed by atoms with Gasteiger partial charge in [-0.15, -0.1) is 0 Å². The van der Waals surface area contributed by atoms with Crippen molar-refractivity contribution >= 4 is 33.2 Å².